The third-order valence-electron chi connectivity index (χ3n) is 3.44. The van der Waals surface area contributed by atoms with Crippen LogP contribution in [0, 0.1) is 5.92 Å². The van der Waals surface area contributed by atoms with Crippen molar-refractivity contribution in [2.75, 3.05) is 19.7 Å². The van der Waals surface area contributed by atoms with Gasteiger partial charge in [0, 0.05) is 19.5 Å². The van der Waals surface area contributed by atoms with Crippen molar-refractivity contribution < 1.29 is 14.3 Å². The highest BCUT2D eigenvalue weighted by molar-refractivity contribution is 5.78. The summed E-state index contributed by atoms with van der Waals surface area (Å²) in [5.41, 5.74) is 0. The van der Waals surface area contributed by atoms with Crippen molar-refractivity contribution in [3.05, 3.63) is 42.5 Å². The van der Waals surface area contributed by atoms with Crippen molar-refractivity contribution in [1.82, 2.24) is 10.6 Å². The number of ether oxygens (including phenoxy) is 1. The molecule has 0 heterocycles. The fourth-order valence-electron chi connectivity index (χ4n) is 2.30. The molecule has 0 fully saturated rings. The molecular weight excluding hydrogens is 280 g/mol. The molecule has 1 aromatic carbocycles. The van der Waals surface area contributed by atoms with Gasteiger partial charge in [-0.1, -0.05) is 30.4 Å². The van der Waals surface area contributed by atoms with Gasteiger partial charge >= 0.3 is 0 Å². The van der Waals surface area contributed by atoms with Crippen LogP contribution in [-0.2, 0) is 9.59 Å². The van der Waals surface area contributed by atoms with Gasteiger partial charge in [-0.3, -0.25) is 9.59 Å². The highest BCUT2D eigenvalue weighted by Crippen LogP contribution is 2.19. The smallest absolute Gasteiger partial charge is 0.258 e. The molecule has 0 aromatic heterocycles. The van der Waals surface area contributed by atoms with E-state index >= 15 is 0 Å². The number of nitrogens with one attached hydrogen (secondary N) is 2. The van der Waals surface area contributed by atoms with Gasteiger partial charge < -0.3 is 15.4 Å². The average molecular weight is 302 g/mol. The van der Waals surface area contributed by atoms with Crippen LogP contribution in [0.2, 0.25) is 0 Å². The van der Waals surface area contributed by atoms with E-state index in [9.17, 15) is 9.59 Å². The molecule has 5 heteroatoms. The third-order valence-corrected chi connectivity index (χ3v) is 3.44. The molecule has 118 valence electrons. The van der Waals surface area contributed by atoms with Crippen molar-refractivity contribution >= 4 is 11.8 Å². The lowest BCUT2D eigenvalue weighted by molar-refractivity contribution is -0.124. The van der Waals surface area contributed by atoms with Gasteiger partial charge in [0.2, 0.25) is 5.91 Å². The second kappa shape index (κ2) is 8.87. The van der Waals surface area contributed by atoms with Gasteiger partial charge in [-0.05, 0) is 30.9 Å². The lowest BCUT2D eigenvalue weighted by atomic mass is 10.1. The SMILES string of the molecule is O=C(COc1ccccc1)NCCNC(=O)C[C@H]1C=CCC1. The monoisotopic (exact) mass is 302 g/mol. The zero-order chi connectivity index (χ0) is 15.6. The first-order chi connectivity index (χ1) is 10.7. The van der Waals surface area contributed by atoms with Crippen molar-refractivity contribution in [2.24, 2.45) is 5.92 Å². The number of hydrogen-bond acceptors (Lipinski definition) is 3. The molecule has 0 unspecified atom stereocenters. The Kier molecular flexibility index (Phi) is 6.48. The Balaban J connectivity index is 1.51. The average Bonchev–Trinajstić information content (AvgIpc) is 3.03. The number of hydrogen-bond donors (Lipinski definition) is 2. The Bertz CT molecular complexity index is 514. The molecule has 22 heavy (non-hydrogen) atoms. The standard InChI is InChI=1S/C17H22N2O3/c20-16(12-14-6-4-5-7-14)18-10-11-19-17(21)13-22-15-8-2-1-3-9-15/h1-4,6,8-9,14H,5,7,10-13H2,(H,18,20)(H,19,21)/t14-/m0/s1. The number of rotatable bonds is 8. The van der Waals surface area contributed by atoms with Crippen LogP contribution < -0.4 is 15.4 Å². The summed E-state index contributed by atoms with van der Waals surface area (Å²) in [5.74, 6) is 0.868. The van der Waals surface area contributed by atoms with Crippen LogP contribution >= 0.6 is 0 Å². The molecule has 1 atom stereocenters. The Morgan fingerprint density at radius 2 is 1.82 bits per heavy atom. The van der Waals surface area contributed by atoms with Gasteiger partial charge in [0.25, 0.3) is 5.91 Å². The molecule has 0 saturated carbocycles. The normalized spacial score (nSPS) is 16.3. The number of para-hydroxylation sites is 1. The molecule has 0 radical (unpaired) electrons. The molecule has 0 saturated heterocycles. The van der Waals surface area contributed by atoms with Crippen molar-refractivity contribution in [3.8, 4) is 5.75 Å². The highest BCUT2D eigenvalue weighted by Gasteiger charge is 2.13. The summed E-state index contributed by atoms with van der Waals surface area (Å²) >= 11 is 0. The number of benzene rings is 1. The summed E-state index contributed by atoms with van der Waals surface area (Å²) in [6, 6.07) is 9.18. The van der Waals surface area contributed by atoms with Crippen LogP contribution in [0.15, 0.2) is 42.5 Å². The maximum Gasteiger partial charge on any atom is 0.258 e. The Labute approximate surface area is 130 Å². The Morgan fingerprint density at radius 1 is 1.09 bits per heavy atom. The minimum atomic E-state index is -0.197. The zero-order valence-electron chi connectivity index (χ0n) is 12.6. The summed E-state index contributed by atoms with van der Waals surface area (Å²) in [5, 5.41) is 5.52. The van der Waals surface area contributed by atoms with Gasteiger partial charge in [-0.15, -0.1) is 0 Å². The van der Waals surface area contributed by atoms with Crippen molar-refractivity contribution in [1.29, 1.82) is 0 Å². The van der Waals surface area contributed by atoms with Crippen LogP contribution in [0.5, 0.6) is 5.75 Å². The van der Waals surface area contributed by atoms with Crippen molar-refractivity contribution in [2.45, 2.75) is 19.3 Å². The molecule has 2 N–H and O–H groups in total. The third kappa shape index (κ3) is 5.99. The van der Waals surface area contributed by atoms with Crippen LogP contribution in [0.25, 0.3) is 0 Å². The van der Waals surface area contributed by atoms with Crippen LogP contribution in [-0.4, -0.2) is 31.5 Å². The predicted molar refractivity (Wildman–Crippen MR) is 84.4 cm³/mol. The van der Waals surface area contributed by atoms with Crippen LogP contribution in [0.4, 0.5) is 0 Å². The fraction of sp³-hybridized carbons (Fsp3) is 0.412. The lowest BCUT2D eigenvalue weighted by Gasteiger charge is -2.10. The van der Waals surface area contributed by atoms with E-state index < -0.39 is 0 Å². The maximum atomic E-state index is 11.7. The zero-order valence-corrected chi connectivity index (χ0v) is 12.6. The van der Waals surface area contributed by atoms with E-state index in [-0.39, 0.29) is 18.4 Å². The number of carbonyl (C=O) groups excluding carboxylic acids is 2. The summed E-state index contributed by atoms with van der Waals surface area (Å²) < 4.78 is 5.33. The Hall–Kier alpha value is -2.30. The van der Waals surface area contributed by atoms with E-state index in [2.05, 4.69) is 22.8 Å². The molecule has 5 nitrogen and oxygen atoms in total. The molecule has 1 aliphatic carbocycles. The topological polar surface area (TPSA) is 67.4 Å². The first-order valence-corrected chi connectivity index (χ1v) is 7.62. The molecular formula is C17H22N2O3. The van der Waals surface area contributed by atoms with E-state index in [1.807, 2.05) is 18.2 Å². The molecule has 2 rings (SSSR count). The summed E-state index contributed by atoms with van der Waals surface area (Å²) in [6.45, 7) is 0.820. The molecule has 0 bridgehead atoms. The minimum absolute atomic E-state index is 0.0230. The molecule has 1 aromatic rings. The minimum Gasteiger partial charge on any atom is -0.484 e. The Morgan fingerprint density at radius 3 is 2.50 bits per heavy atom. The summed E-state index contributed by atoms with van der Waals surface area (Å²) in [4.78, 5) is 23.3. The van der Waals surface area contributed by atoms with E-state index in [4.69, 9.17) is 4.74 Å². The molecule has 0 spiro atoms. The number of amides is 2. The van der Waals surface area contributed by atoms with Gasteiger partial charge in [0.15, 0.2) is 6.61 Å². The second-order valence-electron chi connectivity index (χ2n) is 5.27. The first kappa shape index (κ1) is 16.1. The second-order valence-corrected chi connectivity index (χ2v) is 5.27. The number of carbonyl (C=O) groups is 2. The molecule has 0 aliphatic heterocycles. The number of allylic oxidation sites excluding steroid dienone is 2. The lowest BCUT2D eigenvalue weighted by Crippen LogP contribution is -2.37. The molecule has 1 aliphatic rings. The molecule has 2 amide bonds. The van der Waals surface area contributed by atoms with Gasteiger partial charge in [0.05, 0.1) is 0 Å². The van der Waals surface area contributed by atoms with Gasteiger partial charge in [-0.2, -0.15) is 0 Å². The maximum absolute atomic E-state index is 11.7. The van der Waals surface area contributed by atoms with Crippen LogP contribution in [0.3, 0.4) is 0 Å². The van der Waals surface area contributed by atoms with E-state index in [0.29, 0.717) is 31.2 Å². The predicted octanol–water partition coefficient (Wildman–Crippen LogP) is 1.65. The first-order valence-electron chi connectivity index (χ1n) is 7.62. The largest absolute Gasteiger partial charge is 0.484 e. The van der Waals surface area contributed by atoms with Gasteiger partial charge in [-0.25, -0.2) is 0 Å². The fourth-order valence-corrected chi connectivity index (χ4v) is 2.30. The van der Waals surface area contributed by atoms with E-state index in [0.717, 1.165) is 12.8 Å². The van der Waals surface area contributed by atoms with Gasteiger partial charge in [0.1, 0.15) is 5.75 Å². The van der Waals surface area contributed by atoms with Crippen molar-refractivity contribution in [3.63, 3.8) is 0 Å². The van der Waals surface area contributed by atoms with Crippen LogP contribution in [0.1, 0.15) is 19.3 Å². The summed E-state index contributed by atoms with van der Waals surface area (Å²) in [7, 11) is 0. The quantitative estimate of drug-likeness (QED) is 0.567. The highest BCUT2D eigenvalue weighted by atomic mass is 16.5. The van der Waals surface area contributed by atoms with E-state index in [1.54, 1.807) is 12.1 Å². The van der Waals surface area contributed by atoms with E-state index in [1.165, 1.54) is 0 Å². The summed E-state index contributed by atoms with van der Waals surface area (Å²) in [6.07, 6.45) is 6.87.